The topological polar surface area (TPSA) is 49.4 Å². The molecule has 0 amide bonds. The van der Waals surface area contributed by atoms with Crippen LogP contribution < -0.4 is 27.0 Å². The van der Waals surface area contributed by atoms with Crippen LogP contribution >= 0.6 is 15.0 Å². The first-order valence-electron chi connectivity index (χ1n) is 12.9. The summed E-state index contributed by atoms with van der Waals surface area (Å²) in [6.07, 6.45) is 0. The summed E-state index contributed by atoms with van der Waals surface area (Å²) in [6.45, 7) is 3.38. The average Bonchev–Trinajstić information content (AvgIpc) is 3.88. The first-order valence-corrected chi connectivity index (χ1v) is 16.8. The molecule has 3 fully saturated rings. The van der Waals surface area contributed by atoms with Gasteiger partial charge in [0.2, 0.25) is 0 Å². The SMILES string of the molecule is c1ccc(N2P3(N4CC4)(Oc4ccccc4O3)N(c3ccccc3)P23(N2CC2)Oc2ccccc2O3)cc1. The van der Waals surface area contributed by atoms with Gasteiger partial charge in [0.25, 0.3) is 0 Å². The summed E-state index contributed by atoms with van der Waals surface area (Å²) in [4.78, 5) is 0. The van der Waals surface area contributed by atoms with E-state index in [-0.39, 0.29) is 0 Å². The molecule has 5 aliphatic heterocycles. The summed E-state index contributed by atoms with van der Waals surface area (Å²) in [5, 5.41) is 0. The second-order valence-electron chi connectivity index (χ2n) is 10.1. The monoisotopic (exact) mass is 544 g/mol. The molecule has 4 aromatic rings. The first kappa shape index (κ1) is 21.4. The fourth-order valence-corrected chi connectivity index (χ4v) is 21.2. The standard InChI is InChI=1S/C28H26N4O4P2/c1-3-11-23(12-4-1)31-37(29-19-20-29,33-25-15-7-8-16-26(25)34-37)32(24-13-5-2-6-14-24)38(31,30-21-22-30)35-27-17-9-10-18-28(27)36-38/h1-18H,19-22H2. The van der Waals surface area contributed by atoms with Gasteiger partial charge < -0.3 is 0 Å². The predicted molar refractivity (Wildman–Crippen MR) is 150 cm³/mol. The van der Waals surface area contributed by atoms with Crippen LogP contribution in [0.2, 0.25) is 0 Å². The summed E-state index contributed by atoms with van der Waals surface area (Å²) in [5.41, 5.74) is 1.91. The fourth-order valence-electron chi connectivity index (χ4n) is 6.29. The van der Waals surface area contributed by atoms with Gasteiger partial charge in [0, 0.05) is 0 Å². The van der Waals surface area contributed by atoms with Crippen molar-refractivity contribution in [2.45, 2.75) is 0 Å². The fraction of sp³-hybridized carbons (Fsp3) is 0.143. The van der Waals surface area contributed by atoms with Gasteiger partial charge >= 0.3 is 221 Å². The van der Waals surface area contributed by atoms with Crippen molar-refractivity contribution in [2.24, 2.45) is 0 Å². The molecule has 4 aromatic carbocycles. The van der Waals surface area contributed by atoms with Gasteiger partial charge in [-0.2, -0.15) is 0 Å². The van der Waals surface area contributed by atoms with Crippen LogP contribution in [-0.2, 0) is 0 Å². The number of para-hydroxylation sites is 6. The van der Waals surface area contributed by atoms with Crippen LogP contribution in [0.1, 0.15) is 0 Å². The van der Waals surface area contributed by atoms with Gasteiger partial charge in [-0.15, -0.1) is 0 Å². The van der Waals surface area contributed by atoms with E-state index in [2.05, 4.69) is 66.8 Å². The van der Waals surface area contributed by atoms with E-state index in [9.17, 15) is 0 Å². The minimum atomic E-state index is -4.08. The van der Waals surface area contributed by atoms with Crippen LogP contribution in [0.15, 0.2) is 109 Å². The number of anilines is 2. The molecule has 0 saturated carbocycles. The summed E-state index contributed by atoms with van der Waals surface area (Å²) >= 11 is 0. The van der Waals surface area contributed by atoms with Crippen molar-refractivity contribution in [3.8, 4) is 23.0 Å². The number of benzene rings is 4. The summed E-state index contributed by atoms with van der Waals surface area (Å²) in [6, 6.07) is 36.7. The van der Waals surface area contributed by atoms with E-state index in [0.29, 0.717) is 0 Å². The Morgan fingerprint density at radius 2 is 0.684 bits per heavy atom. The molecule has 9 rings (SSSR count). The van der Waals surface area contributed by atoms with E-state index in [1.807, 2.05) is 60.7 Å². The Balaban J connectivity index is 1.42. The molecule has 38 heavy (non-hydrogen) atoms. The molecule has 5 heterocycles. The average molecular weight is 544 g/mol. The normalized spacial score (nSPS) is 26.1. The molecule has 8 nitrogen and oxygen atoms in total. The summed E-state index contributed by atoms with van der Waals surface area (Å²) in [5.74, 6) is 2.94. The molecule has 2 spiro atoms. The number of fused-ring (bicyclic) bond motifs is 2. The van der Waals surface area contributed by atoms with Crippen molar-refractivity contribution >= 4 is 26.4 Å². The van der Waals surface area contributed by atoms with Crippen LogP contribution in [-0.4, -0.2) is 35.5 Å². The maximum atomic E-state index is 7.30. The zero-order chi connectivity index (χ0) is 25.1. The van der Waals surface area contributed by atoms with Gasteiger partial charge in [-0.25, -0.2) is 0 Å². The van der Waals surface area contributed by atoms with Gasteiger partial charge in [0.15, 0.2) is 0 Å². The molecule has 0 N–H and O–H groups in total. The van der Waals surface area contributed by atoms with Gasteiger partial charge in [-0.05, 0) is 0 Å². The Labute approximate surface area is 221 Å². The molecule has 0 unspecified atom stereocenters. The molecule has 0 aromatic heterocycles. The number of rotatable bonds is 4. The third kappa shape index (κ3) is 2.21. The number of nitrogens with zero attached hydrogens (tertiary/aromatic N) is 4. The van der Waals surface area contributed by atoms with Crippen LogP contribution in [0.5, 0.6) is 23.0 Å². The molecular weight excluding hydrogens is 518 g/mol. The Hall–Kier alpha value is -3.54. The molecule has 0 aliphatic carbocycles. The molecule has 0 atom stereocenters. The molecule has 0 radical (unpaired) electrons. The van der Waals surface area contributed by atoms with Crippen molar-refractivity contribution in [1.29, 1.82) is 0 Å². The van der Waals surface area contributed by atoms with Crippen molar-refractivity contribution in [3.05, 3.63) is 109 Å². The van der Waals surface area contributed by atoms with E-state index in [0.717, 1.165) is 60.6 Å². The first-order chi connectivity index (χ1) is 18.7. The van der Waals surface area contributed by atoms with E-state index < -0.39 is 15.0 Å². The van der Waals surface area contributed by atoms with E-state index in [1.165, 1.54) is 0 Å². The second-order valence-corrected chi connectivity index (χ2v) is 17.5. The van der Waals surface area contributed by atoms with Gasteiger partial charge in [0.1, 0.15) is 0 Å². The van der Waals surface area contributed by atoms with Crippen LogP contribution in [0.3, 0.4) is 0 Å². The number of hydrogen-bond acceptors (Lipinski definition) is 8. The van der Waals surface area contributed by atoms with Crippen LogP contribution in [0.4, 0.5) is 11.4 Å². The molecule has 192 valence electrons. The van der Waals surface area contributed by atoms with E-state index >= 15 is 0 Å². The van der Waals surface area contributed by atoms with Crippen molar-refractivity contribution in [1.82, 2.24) is 9.34 Å². The van der Waals surface area contributed by atoms with Gasteiger partial charge in [-0.1, -0.05) is 0 Å². The maximum absolute atomic E-state index is 7.30. The van der Waals surface area contributed by atoms with E-state index in [4.69, 9.17) is 18.1 Å². The zero-order valence-corrected chi connectivity index (χ0v) is 22.3. The Kier molecular flexibility index (Phi) is 3.78. The van der Waals surface area contributed by atoms with Crippen molar-refractivity contribution in [2.75, 3.05) is 35.1 Å². The van der Waals surface area contributed by atoms with E-state index in [1.54, 1.807) is 0 Å². The Morgan fingerprint density at radius 1 is 0.395 bits per heavy atom. The van der Waals surface area contributed by atoms with Crippen LogP contribution in [0, 0.1) is 0 Å². The molecule has 0 bridgehead atoms. The summed E-state index contributed by atoms with van der Waals surface area (Å²) < 4.78 is 38.5. The van der Waals surface area contributed by atoms with Crippen LogP contribution in [0.25, 0.3) is 0 Å². The minimum absolute atomic E-state index is 0.734. The Bertz CT molecular complexity index is 1430. The molecule has 5 aliphatic rings. The van der Waals surface area contributed by atoms with Gasteiger partial charge in [-0.3, -0.25) is 0 Å². The molecule has 3 saturated heterocycles. The van der Waals surface area contributed by atoms with Crippen molar-refractivity contribution in [3.63, 3.8) is 0 Å². The third-order valence-electron chi connectivity index (χ3n) is 7.82. The summed E-state index contributed by atoms with van der Waals surface area (Å²) in [7, 11) is -8.15. The third-order valence-corrected chi connectivity index (χ3v) is 19.8. The number of hydrogen-bond donors (Lipinski definition) is 0. The van der Waals surface area contributed by atoms with Crippen molar-refractivity contribution < 1.29 is 18.1 Å². The molecular formula is C28H26N4O4P2. The zero-order valence-electron chi connectivity index (χ0n) is 20.5. The Morgan fingerprint density at radius 3 is 0.974 bits per heavy atom. The predicted octanol–water partition coefficient (Wildman–Crippen LogP) is 6.84. The second kappa shape index (κ2) is 6.71. The van der Waals surface area contributed by atoms with Gasteiger partial charge in [0.05, 0.1) is 0 Å². The quantitative estimate of drug-likeness (QED) is 0.204. The molecule has 10 heteroatoms.